The fraction of sp³-hybridized carbons (Fsp3) is 1.00. The first kappa shape index (κ1) is 17.6. The van der Waals surface area contributed by atoms with Crippen LogP contribution in [0, 0.1) is 23.2 Å². The predicted octanol–water partition coefficient (Wildman–Crippen LogP) is 7.28. The Morgan fingerprint density at radius 2 is 0.696 bits per heavy atom. The Balaban J connectivity index is 1.99. The molecule has 3 aliphatic rings. The third-order valence-corrected chi connectivity index (χ3v) is 7.33. The van der Waals surface area contributed by atoms with Crippen LogP contribution in [0.2, 0.25) is 0 Å². The van der Waals surface area contributed by atoms with Crippen molar-refractivity contribution < 1.29 is 13.2 Å². The summed E-state index contributed by atoms with van der Waals surface area (Å²) in [7, 11) is 0. The standard InChI is InChI=1S/C20H33F3/c21-20(22,23)19(16-10-4-1-5-11-16,17-12-6-2-7-13-17)18-14-8-3-9-15-18/h16-18H,1-15H2. The molecule has 3 aliphatic carbocycles. The van der Waals surface area contributed by atoms with E-state index in [1.165, 1.54) is 0 Å². The molecule has 0 heterocycles. The normalized spacial score (nSPS) is 27.3. The van der Waals surface area contributed by atoms with Gasteiger partial charge in [0.1, 0.15) is 0 Å². The quantitative estimate of drug-likeness (QED) is 0.510. The second-order valence-electron chi connectivity index (χ2n) is 8.44. The molecule has 3 rings (SSSR count). The van der Waals surface area contributed by atoms with Gasteiger partial charge in [-0.1, -0.05) is 57.8 Å². The molecule has 3 saturated carbocycles. The van der Waals surface area contributed by atoms with Gasteiger partial charge in [-0.2, -0.15) is 13.2 Å². The Labute approximate surface area is 139 Å². The number of hydrogen-bond donors (Lipinski definition) is 0. The Kier molecular flexibility index (Phi) is 5.63. The minimum atomic E-state index is -4.01. The average molecular weight is 330 g/mol. The molecular formula is C20H33F3. The molecule has 3 fully saturated rings. The summed E-state index contributed by atoms with van der Waals surface area (Å²) in [5.74, 6) is -0.285. The molecule has 0 bridgehead atoms. The van der Waals surface area contributed by atoms with E-state index in [-0.39, 0.29) is 17.8 Å². The molecule has 0 saturated heterocycles. The van der Waals surface area contributed by atoms with Crippen molar-refractivity contribution in [2.75, 3.05) is 0 Å². The van der Waals surface area contributed by atoms with E-state index in [4.69, 9.17) is 0 Å². The van der Waals surface area contributed by atoms with Gasteiger partial charge in [0, 0.05) is 0 Å². The van der Waals surface area contributed by atoms with E-state index >= 15 is 0 Å². The summed E-state index contributed by atoms with van der Waals surface area (Å²) in [4.78, 5) is 0. The van der Waals surface area contributed by atoms with Crippen molar-refractivity contribution in [3.05, 3.63) is 0 Å². The monoisotopic (exact) mass is 330 g/mol. The van der Waals surface area contributed by atoms with Crippen LogP contribution < -0.4 is 0 Å². The summed E-state index contributed by atoms with van der Waals surface area (Å²) < 4.78 is 44.2. The second-order valence-corrected chi connectivity index (χ2v) is 8.44. The van der Waals surface area contributed by atoms with Crippen LogP contribution in [0.15, 0.2) is 0 Å². The minimum absolute atomic E-state index is 0.0950. The summed E-state index contributed by atoms with van der Waals surface area (Å²) in [6.07, 6.45) is 10.5. The Morgan fingerprint density at radius 1 is 0.435 bits per heavy atom. The lowest BCUT2D eigenvalue weighted by Gasteiger charge is -2.55. The number of alkyl halides is 3. The van der Waals surface area contributed by atoms with Gasteiger partial charge in [-0.05, 0) is 56.3 Å². The largest absolute Gasteiger partial charge is 0.395 e. The first-order valence-electron chi connectivity index (χ1n) is 10.1. The van der Waals surface area contributed by atoms with E-state index < -0.39 is 11.6 Å². The lowest BCUT2D eigenvalue weighted by Crippen LogP contribution is -2.56. The van der Waals surface area contributed by atoms with Gasteiger partial charge in [0.2, 0.25) is 0 Å². The fourth-order valence-corrected chi connectivity index (χ4v) is 6.44. The van der Waals surface area contributed by atoms with Crippen molar-refractivity contribution in [1.29, 1.82) is 0 Å². The van der Waals surface area contributed by atoms with Crippen LogP contribution in [-0.4, -0.2) is 6.18 Å². The third kappa shape index (κ3) is 3.31. The van der Waals surface area contributed by atoms with Crippen LogP contribution in [0.1, 0.15) is 96.3 Å². The van der Waals surface area contributed by atoms with Crippen LogP contribution in [0.25, 0.3) is 0 Å². The molecule has 23 heavy (non-hydrogen) atoms. The number of halogens is 3. The predicted molar refractivity (Wildman–Crippen MR) is 88.2 cm³/mol. The molecule has 134 valence electrons. The van der Waals surface area contributed by atoms with Gasteiger partial charge >= 0.3 is 6.18 Å². The number of hydrogen-bond acceptors (Lipinski definition) is 0. The van der Waals surface area contributed by atoms with E-state index in [1.807, 2.05) is 0 Å². The summed E-state index contributed by atoms with van der Waals surface area (Å²) in [6.45, 7) is 0. The van der Waals surface area contributed by atoms with Crippen molar-refractivity contribution in [2.24, 2.45) is 23.2 Å². The Morgan fingerprint density at radius 3 is 0.913 bits per heavy atom. The highest BCUT2D eigenvalue weighted by Gasteiger charge is 2.65. The minimum Gasteiger partial charge on any atom is -0.170 e. The zero-order valence-corrected chi connectivity index (χ0v) is 14.5. The van der Waals surface area contributed by atoms with E-state index in [2.05, 4.69) is 0 Å². The summed E-state index contributed by atoms with van der Waals surface area (Å²) in [5, 5.41) is 0. The van der Waals surface area contributed by atoms with Crippen molar-refractivity contribution in [3.63, 3.8) is 0 Å². The van der Waals surface area contributed by atoms with E-state index in [0.717, 1.165) is 96.3 Å². The SMILES string of the molecule is FC(F)(F)C(C1CCCCC1)(C1CCCCC1)C1CCCCC1. The maximum absolute atomic E-state index is 14.7. The number of rotatable bonds is 3. The van der Waals surface area contributed by atoms with Gasteiger partial charge in [0.15, 0.2) is 0 Å². The molecule has 0 aromatic rings. The highest BCUT2D eigenvalue weighted by Crippen LogP contribution is 2.63. The zero-order chi connectivity index (χ0) is 16.3. The molecule has 0 aromatic heterocycles. The summed E-state index contributed by atoms with van der Waals surface area (Å²) in [6, 6.07) is 0. The summed E-state index contributed by atoms with van der Waals surface area (Å²) >= 11 is 0. The van der Waals surface area contributed by atoms with Crippen LogP contribution in [0.5, 0.6) is 0 Å². The van der Waals surface area contributed by atoms with Gasteiger partial charge in [-0.3, -0.25) is 0 Å². The van der Waals surface area contributed by atoms with Crippen molar-refractivity contribution in [3.8, 4) is 0 Å². The van der Waals surface area contributed by atoms with Gasteiger partial charge in [0.25, 0.3) is 0 Å². The maximum atomic E-state index is 14.7. The molecule has 0 amide bonds. The van der Waals surface area contributed by atoms with E-state index in [1.54, 1.807) is 0 Å². The zero-order valence-electron chi connectivity index (χ0n) is 14.5. The summed E-state index contributed by atoms with van der Waals surface area (Å²) in [5.41, 5.74) is -1.35. The van der Waals surface area contributed by atoms with E-state index in [0.29, 0.717) is 0 Å². The molecule has 0 N–H and O–H groups in total. The molecule has 0 spiro atoms. The molecular weight excluding hydrogens is 297 g/mol. The molecule has 0 aliphatic heterocycles. The Hall–Kier alpha value is -0.210. The van der Waals surface area contributed by atoms with Gasteiger partial charge in [-0.15, -0.1) is 0 Å². The van der Waals surface area contributed by atoms with Crippen LogP contribution in [0.3, 0.4) is 0 Å². The van der Waals surface area contributed by atoms with Crippen molar-refractivity contribution in [1.82, 2.24) is 0 Å². The average Bonchev–Trinajstić information content (AvgIpc) is 2.57. The second kappa shape index (κ2) is 7.35. The van der Waals surface area contributed by atoms with Crippen molar-refractivity contribution in [2.45, 2.75) is 102 Å². The van der Waals surface area contributed by atoms with Crippen LogP contribution >= 0.6 is 0 Å². The van der Waals surface area contributed by atoms with Crippen molar-refractivity contribution >= 4 is 0 Å². The van der Waals surface area contributed by atoms with E-state index in [9.17, 15) is 13.2 Å². The lowest BCUT2D eigenvalue weighted by atomic mass is 9.51. The highest BCUT2D eigenvalue weighted by atomic mass is 19.4. The first-order valence-corrected chi connectivity index (χ1v) is 10.1. The molecule has 3 heteroatoms. The Bertz CT molecular complexity index is 310. The van der Waals surface area contributed by atoms with Crippen LogP contribution in [-0.2, 0) is 0 Å². The fourth-order valence-electron chi connectivity index (χ4n) is 6.44. The maximum Gasteiger partial charge on any atom is 0.395 e. The highest BCUT2D eigenvalue weighted by molar-refractivity contribution is 5.03. The molecule has 0 unspecified atom stereocenters. The topological polar surface area (TPSA) is 0 Å². The molecule has 0 nitrogen and oxygen atoms in total. The molecule has 0 aromatic carbocycles. The van der Waals surface area contributed by atoms with Gasteiger partial charge in [0.05, 0.1) is 5.41 Å². The molecule has 0 radical (unpaired) electrons. The smallest absolute Gasteiger partial charge is 0.170 e. The lowest BCUT2D eigenvalue weighted by molar-refractivity contribution is -0.294. The van der Waals surface area contributed by atoms with Gasteiger partial charge < -0.3 is 0 Å². The first-order chi connectivity index (χ1) is 11.1. The molecule has 0 atom stereocenters. The third-order valence-electron chi connectivity index (χ3n) is 7.33. The van der Waals surface area contributed by atoms with Gasteiger partial charge in [-0.25, -0.2) is 0 Å². The van der Waals surface area contributed by atoms with Crippen LogP contribution in [0.4, 0.5) is 13.2 Å².